The van der Waals surface area contributed by atoms with Crippen LogP contribution in [0.4, 0.5) is 4.39 Å². The fourth-order valence-electron chi connectivity index (χ4n) is 0.560. The van der Waals surface area contributed by atoms with E-state index in [-0.39, 0.29) is 18.6 Å². The molecule has 2 heteroatoms. The molecular formula is C8H9FO. The van der Waals surface area contributed by atoms with Crippen LogP contribution in [0.2, 0.25) is 0 Å². The average molecular weight is 144 g/mol. The Bertz CT molecular complexity index is 338. The molecule has 0 atom stereocenters. The lowest BCUT2D eigenvalue weighted by Crippen LogP contribution is -1.89. The van der Waals surface area contributed by atoms with E-state index in [1.165, 1.54) is 0 Å². The number of hydrogen-bond donors (Lipinski definition) is 1. The van der Waals surface area contributed by atoms with E-state index in [9.17, 15) is 4.39 Å². The van der Waals surface area contributed by atoms with Crippen LogP contribution in [-0.4, -0.2) is 11.7 Å². The van der Waals surface area contributed by atoms with E-state index < -0.39 is 30.0 Å². The lowest BCUT2D eigenvalue weighted by Gasteiger charge is -1.95. The van der Waals surface area contributed by atoms with E-state index in [2.05, 4.69) is 0 Å². The molecule has 1 N–H and O–H groups in total. The number of hydrogen-bond acceptors (Lipinski definition) is 1. The number of rotatable bonds is 2. The Kier molecular flexibility index (Phi) is 1.16. The van der Waals surface area contributed by atoms with Gasteiger partial charge in [0.05, 0.1) is 5.48 Å². The van der Waals surface area contributed by atoms with Crippen LogP contribution in [0.1, 0.15) is 11.0 Å². The van der Waals surface area contributed by atoms with Crippen molar-refractivity contribution in [3.05, 3.63) is 35.6 Å². The summed E-state index contributed by atoms with van der Waals surface area (Å²) in [5, 5.41) is 8.64. The number of benzene rings is 1. The Morgan fingerprint density at radius 1 is 1.40 bits per heavy atom. The summed E-state index contributed by atoms with van der Waals surface area (Å²) in [6.07, 6.45) is -0.00426. The molecule has 0 aliphatic carbocycles. The van der Waals surface area contributed by atoms with E-state index in [1.807, 2.05) is 0 Å². The van der Waals surface area contributed by atoms with Crippen molar-refractivity contribution < 1.29 is 15.0 Å². The summed E-state index contributed by atoms with van der Waals surface area (Å²) in [4.78, 5) is 0. The average Bonchev–Trinajstić information content (AvgIpc) is 2.19. The Labute approximate surface area is 64.7 Å². The van der Waals surface area contributed by atoms with Crippen molar-refractivity contribution in [2.75, 3.05) is 6.61 Å². The fourth-order valence-corrected chi connectivity index (χ4v) is 0.560. The van der Waals surface area contributed by atoms with Crippen LogP contribution in [0.15, 0.2) is 24.2 Å². The van der Waals surface area contributed by atoms with Gasteiger partial charge >= 0.3 is 0 Å². The first-order valence-corrected chi connectivity index (χ1v) is 2.86. The van der Waals surface area contributed by atoms with Crippen molar-refractivity contribution in [1.29, 1.82) is 0 Å². The molecular weight excluding hydrogens is 131 g/mol. The van der Waals surface area contributed by atoms with Crippen LogP contribution in [0.25, 0.3) is 0 Å². The predicted octanol–water partition coefficient (Wildman–Crippen LogP) is 1.36. The molecule has 0 unspecified atom stereocenters. The van der Waals surface area contributed by atoms with Gasteiger partial charge in [0, 0.05) is 6.61 Å². The van der Waals surface area contributed by atoms with E-state index in [0.29, 0.717) is 0 Å². The summed E-state index contributed by atoms with van der Waals surface area (Å²) in [5.41, 5.74) is 0.0453. The molecule has 0 saturated carbocycles. The van der Waals surface area contributed by atoms with Gasteiger partial charge in [0.2, 0.25) is 0 Å². The van der Waals surface area contributed by atoms with Gasteiger partial charge in [0.25, 0.3) is 0 Å². The summed E-state index contributed by atoms with van der Waals surface area (Å²) in [6.45, 7) is -0.289. The van der Waals surface area contributed by atoms with Crippen LogP contribution in [0.5, 0.6) is 0 Å². The molecule has 10 heavy (non-hydrogen) atoms. The van der Waals surface area contributed by atoms with Crippen LogP contribution in [-0.2, 0) is 6.42 Å². The van der Waals surface area contributed by atoms with E-state index >= 15 is 0 Å². The van der Waals surface area contributed by atoms with Crippen LogP contribution in [0.3, 0.4) is 0 Å². The summed E-state index contributed by atoms with van der Waals surface area (Å²) in [6, 6.07) is -2.21. The number of halogens is 1. The fraction of sp³-hybridized carbons (Fsp3) is 0.250. The highest BCUT2D eigenvalue weighted by Crippen LogP contribution is 2.02. The first kappa shape index (κ1) is 3.49. The number of aliphatic hydroxyl groups excluding tert-OH is 1. The molecule has 0 saturated heterocycles. The smallest absolute Gasteiger partial charge is 0.123 e. The second-order valence-corrected chi connectivity index (χ2v) is 1.77. The van der Waals surface area contributed by atoms with Gasteiger partial charge in [-0.25, -0.2) is 4.39 Å². The lowest BCUT2D eigenvalue weighted by molar-refractivity contribution is 0.299. The molecule has 0 aliphatic rings. The minimum Gasteiger partial charge on any atom is -0.396 e. The third kappa shape index (κ3) is 1.81. The Hall–Kier alpha value is -0.890. The van der Waals surface area contributed by atoms with Crippen molar-refractivity contribution in [3.8, 4) is 0 Å². The van der Waals surface area contributed by atoms with Crippen LogP contribution >= 0.6 is 0 Å². The van der Waals surface area contributed by atoms with Crippen molar-refractivity contribution >= 4 is 0 Å². The zero-order chi connectivity index (χ0) is 10.9. The highest BCUT2D eigenvalue weighted by Gasteiger charge is 1.90. The predicted molar refractivity (Wildman–Crippen MR) is 37.2 cm³/mol. The Morgan fingerprint density at radius 3 is 2.50 bits per heavy atom. The summed E-state index contributed by atoms with van der Waals surface area (Å²) < 4.78 is 42.0. The summed E-state index contributed by atoms with van der Waals surface area (Å²) in [7, 11) is 0. The molecule has 0 radical (unpaired) electrons. The molecule has 0 fully saturated rings. The van der Waals surface area contributed by atoms with Gasteiger partial charge in [-0.3, -0.25) is 0 Å². The van der Waals surface area contributed by atoms with Gasteiger partial charge in [-0.1, -0.05) is 12.1 Å². The van der Waals surface area contributed by atoms with Gasteiger partial charge in [-0.05, 0) is 24.1 Å². The summed E-state index contributed by atoms with van der Waals surface area (Å²) in [5.74, 6) is -1.15. The zero-order valence-corrected chi connectivity index (χ0v) is 5.24. The number of aliphatic hydroxyl groups is 1. The molecule has 0 aliphatic heterocycles. The highest BCUT2D eigenvalue weighted by molar-refractivity contribution is 5.15. The maximum atomic E-state index is 13.0. The quantitative estimate of drug-likeness (QED) is 0.664. The van der Waals surface area contributed by atoms with Gasteiger partial charge < -0.3 is 5.11 Å². The topological polar surface area (TPSA) is 20.2 Å². The van der Waals surface area contributed by atoms with Crippen molar-refractivity contribution in [1.82, 2.24) is 0 Å². The third-order valence-corrected chi connectivity index (χ3v) is 1.01. The van der Waals surface area contributed by atoms with Crippen LogP contribution in [0, 0.1) is 5.82 Å². The molecule has 1 aromatic rings. The van der Waals surface area contributed by atoms with Crippen molar-refractivity contribution in [2.45, 2.75) is 6.42 Å². The van der Waals surface area contributed by atoms with Gasteiger partial charge in [0.15, 0.2) is 0 Å². The van der Waals surface area contributed by atoms with E-state index in [0.717, 1.165) is 0 Å². The van der Waals surface area contributed by atoms with Gasteiger partial charge in [-0.2, -0.15) is 0 Å². The monoisotopic (exact) mass is 144 g/mol. The van der Waals surface area contributed by atoms with Gasteiger partial charge in [0.1, 0.15) is 5.82 Å². The highest BCUT2D eigenvalue weighted by atomic mass is 19.1. The maximum Gasteiger partial charge on any atom is 0.123 e. The Balaban J connectivity index is 3.43. The lowest BCUT2D eigenvalue weighted by atomic mass is 10.2. The Morgan fingerprint density at radius 2 is 2.00 bits per heavy atom. The second kappa shape index (κ2) is 3.32. The minimum atomic E-state index is -1.15. The van der Waals surface area contributed by atoms with E-state index in [4.69, 9.17) is 10.6 Å². The third-order valence-electron chi connectivity index (χ3n) is 1.01. The van der Waals surface area contributed by atoms with E-state index in [1.54, 1.807) is 0 Å². The molecule has 1 nitrogen and oxygen atoms in total. The molecule has 0 bridgehead atoms. The zero-order valence-electron chi connectivity index (χ0n) is 9.24. The van der Waals surface area contributed by atoms with Gasteiger partial charge in [-0.15, -0.1) is 0 Å². The molecule has 0 heterocycles. The molecule has 0 spiro atoms. The first-order valence-electron chi connectivity index (χ1n) is 4.86. The first-order chi connectivity index (χ1) is 6.50. The van der Waals surface area contributed by atoms with Crippen molar-refractivity contribution in [3.63, 3.8) is 0 Å². The molecule has 1 rings (SSSR count). The maximum absolute atomic E-state index is 13.0. The van der Waals surface area contributed by atoms with Crippen molar-refractivity contribution in [2.24, 2.45) is 0 Å². The van der Waals surface area contributed by atoms with Crippen LogP contribution < -0.4 is 0 Å². The molecule has 1 aromatic carbocycles. The normalized spacial score (nSPS) is 15.4. The SMILES string of the molecule is [2H]c1c([2H])c(CCO)c([2H])c([2H])c1F. The molecule has 0 amide bonds. The second-order valence-electron chi connectivity index (χ2n) is 1.77. The standard InChI is InChI=1S/C8H9FO/c9-8-3-1-7(2-4-8)5-6-10/h1-4,10H,5-6H2/i1D,2D,3D,4D. The molecule has 0 aromatic heterocycles. The largest absolute Gasteiger partial charge is 0.396 e. The summed E-state index contributed by atoms with van der Waals surface area (Å²) >= 11 is 0. The minimum absolute atomic E-state index is 0.00426. The molecule has 54 valence electrons.